The van der Waals surface area contributed by atoms with Gasteiger partial charge in [-0.15, -0.1) is 0 Å². The number of fused-ring (bicyclic) bond motifs is 1. The maximum atomic E-state index is 14.2. The lowest BCUT2D eigenvalue weighted by Crippen LogP contribution is -2.45. The molecule has 0 aliphatic heterocycles. The van der Waals surface area contributed by atoms with Crippen molar-refractivity contribution in [2.24, 2.45) is 17.9 Å². The van der Waals surface area contributed by atoms with Crippen molar-refractivity contribution < 1.29 is 27.5 Å². The van der Waals surface area contributed by atoms with Gasteiger partial charge in [0.05, 0.1) is 34.0 Å². The first kappa shape index (κ1) is 44.6. The Kier molecular flexibility index (Phi) is 14.6. The average Bonchev–Trinajstić information content (AvgIpc) is 3.51. The molecule has 1 atom stereocenters. The van der Waals surface area contributed by atoms with Gasteiger partial charge in [-0.1, -0.05) is 46.2 Å². The number of benzene rings is 3. The van der Waals surface area contributed by atoms with Gasteiger partial charge in [-0.25, -0.2) is 28.2 Å². The fourth-order valence-electron chi connectivity index (χ4n) is 6.70. The molecule has 320 valence electrons. The predicted octanol–water partition coefficient (Wildman–Crippen LogP) is 5.61. The summed E-state index contributed by atoms with van der Waals surface area (Å²) in [5.74, 6) is 1.79. The van der Waals surface area contributed by atoms with Crippen molar-refractivity contribution in [3.8, 4) is 5.75 Å². The molecule has 6 N–H and O–H groups in total. The summed E-state index contributed by atoms with van der Waals surface area (Å²) in [5, 5.41) is 17.5. The molecule has 1 aliphatic rings. The van der Waals surface area contributed by atoms with Crippen LogP contribution in [0.3, 0.4) is 0 Å². The largest absolute Gasteiger partial charge is 0.497 e. The number of hydrogen-bond acceptors (Lipinski definition) is 14. The van der Waals surface area contributed by atoms with Crippen molar-refractivity contribution in [3.63, 3.8) is 0 Å². The molecule has 1 aliphatic carbocycles. The van der Waals surface area contributed by atoms with E-state index in [1.54, 1.807) is 53.8 Å². The second kappa shape index (κ2) is 19.6. The Bertz CT molecular complexity index is 2410. The molecule has 19 heteroatoms. The highest BCUT2D eigenvalue weighted by Gasteiger charge is 2.40. The zero-order valence-corrected chi connectivity index (χ0v) is 36.8. The molecule has 60 heavy (non-hydrogen) atoms. The highest BCUT2D eigenvalue weighted by Crippen LogP contribution is 2.50. The second-order valence-electron chi connectivity index (χ2n) is 14.7. The quantitative estimate of drug-likeness (QED) is 0.0587. The van der Waals surface area contributed by atoms with Crippen molar-refractivity contribution in [2.45, 2.75) is 61.8 Å². The molecule has 16 nitrogen and oxygen atoms in total. The Morgan fingerprint density at radius 1 is 1.05 bits per heavy atom. The molecule has 1 saturated carbocycles. The molecular formula is C41H52N10O6S3. The van der Waals surface area contributed by atoms with Gasteiger partial charge in [0.2, 0.25) is 21.9 Å². The Balaban J connectivity index is 1.12. The topological polar surface area (TPSA) is 213 Å². The van der Waals surface area contributed by atoms with E-state index in [9.17, 15) is 18.0 Å². The molecule has 0 unspecified atom stereocenters. The number of carbonyl (C=O) groups is 2. The summed E-state index contributed by atoms with van der Waals surface area (Å²) >= 11 is 0. The molecule has 3 aromatic carbocycles. The molecule has 1 fully saturated rings. The van der Waals surface area contributed by atoms with Crippen LogP contribution in [0.4, 0.5) is 27.9 Å². The number of nitrogens with two attached hydrogens (primary N) is 2. The van der Waals surface area contributed by atoms with Gasteiger partial charge in [0, 0.05) is 55.9 Å². The van der Waals surface area contributed by atoms with E-state index in [0.717, 1.165) is 52.9 Å². The van der Waals surface area contributed by atoms with E-state index in [-0.39, 0.29) is 33.8 Å². The van der Waals surface area contributed by atoms with Crippen molar-refractivity contribution in [2.75, 3.05) is 49.4 Å². The normalized spacial score (nSPS) is 14.0. The van der Waals surface area contributed by atoms with E-state index in [1.807, 2.05) is 73.1 Å². The van der Waals surface area contributed by atoms with E-state index in [4.69, 9.17) is 25.3 Å². The number of hydrogen-bond donors (Lipinski definition) is 4. The van der Waals surface area contributed by atoms with E-state index in [0.29, 0.717) is 43.2 Å². The van der Waals surface area contributed by atoms with Gasteiger partial charge in [0.15, 0.2) is 0 Å². The predicted molar refractivity (Wildman–Crippen MR) is 239 cm³/mol. The number of aromatic nitrogens is 4. The van der Waals surface area contributed by atoms with Gasteiger partial charge in [-0.3, -0.25) is 9.48 Å². The number of nitrogens with one attached hydrogen (secondary N) is 2. The van der Waals surface area contributed by atoms with Crippen molar-refractivity contribution in [1.29, 1.82) is 0 Å². The first-order valence-corrected chi connectivity index (χ1v) is 23.3. The number of nitrogens with zero attached hydrogens (tertiary/aromatic N) is 6. The molecule has 2 aromatic heterocycles. The molecule has 0 bridgehead atoms. The lowest BCUT2D eigenvalue weighted by molar-refractivity contribution is -0.123. The molecule has 6 rings (SSSR count). The first-order valence-electron chi connectivity index (χ1n) is 19.5. The van der Waals surface area contributed by atoms with Crippen molar-refractivity contribution in [3.05, 3.63) is 89.7 Å². The number of amides is 2. The Labute approximate surface area is 358 Å². The maximum Gasteiger partial charge on any atom is 0.421 e. The summed E-state index contributed by atoms with van der Waals surface area (Å²) in [6, 6.07) is 19.2. The van der Waals surface area contributed by atoms with Gasteiger partial charge >= 0.3 is 6.09 Å². The van der Waals surface area contributed by atoms with Crippen LogP contribution in [-0.4, -0.2) is 90.6 Å². The summed E-state index contributed by atoms with van der Waals surface area (Å²) in [4.78, 5) is 39.3. The van der Waals surface area contributed by atoms with Crippen LogP contribution in [-0.2, 0) is 33.1 Å². The second-order valence-corrected chi connectivity index (χ2v) is 19.1. The van der Waals surface area contributed by atoms with E-state index < -0.39 is 22.2 Å². The lowest BCUT2D eigenvalue weighted by Gasteiger charge is -2.40. The van der Waals surface area contributed by atoms with Crippen LogP contribution < -0.4 is 36.0 Å². The van der Waals surface area contributed by atoms with Crippen LogP contribution in [0, 0.1) is 13.8 Å². The zero-order chi connectivity index (χ0) is 43.0. The Morgan fingerprint density at radius 2 is 1.80 bits per heavy atom. The fraction of sp³-hybridized carbons (Fsp3) is 0.390. The summed E-state index contributed by atoms with van der Waals surface area (Å²) in [6.45, 7) is 5.06. The smallest absolute Gasteiger partial charge is 0.421 e. The van der Waals surface area contributed by atoms with Gasteiger partial charge in [0.1, 0.15) is 18.2 Å². The van der Waals surface area contributed by atoms with Crippen LogP contribution >= 0.6 is 21.6 Å². The van der Waals surface area contributed by atoms with Crippen LogP contribution in [0.25, 0.3) is 10.9 Å². The van der Waals surface area contributed by atoms with Gasteiger partial charge in [-0.05, 0) is 99.3 Å². The number of sulfonamides is 1. The third-order valence-electron chi connectivity index (χ3n) is 10.5. The summed E-state index contributed by atoms with van der Waals surface area (Å²) in [5.41, 5.74) is 10.1. The number of carbonyl (C=O) groups excluding carboxylic acids is 2. The van der Waals surface area contributed by atoms with E-state index >= 15 is 0 Å². The molecule has 0 radical (unpaired) electrons. The number of primary sulfonamides is 1. The standard InChI is InChI=1S/C41H52N10O6S3/c1-27-7-10-31(24-36(27)60(43,54)55)51(39-45-20-16-37(47-39)49(3)30-11-14-33-28(2)50(4)48-35(33)23-30)40(53)57-26-41(17-6-18-41)59-58-22-21-44-34(15-19-42)38(52)46-25-29-8-12-32(56-5)13-9-29/h7-14,16,20,23-24,34,44H,6,15,17-19,21-22,25-26,42H2,1-5H3,(H,46,52)(H2,43,54,55)/t34-/m0/s1. The van der Waals surface area contributed by atoms with Crippen molar-refractivity contribution in [1.82, 2.24) is 30.4 Å². The lowest BCUT2D eigenvalue weighted by atomic mass is 9.85. The summed E-state index contributed by atoms with van der Waals surface area (Å²) in [6.07, 6.45) is 3.91. The minimum absolute atomic E-state index is 0.0147. The van der Waals surface area contributed by atoms with Crippen molar-refractivity contribution >= 4 is 77.7 Å². The molecule has 0 saturated heterocycles. The van der Waals surface area contributed by atoms with Gasteiger partial charge < -0.3 is 30.7 Å². The number of rotatable bonds is 19. The summed E-state index contributed by atoms with van der Waals surface area (Å²) in [7, 11) is 4.53. The van der Waals surface area contributed by atoms with Crippen LogP contribution in [0.1, 0.15) is 42.5 Å². The SMILES string of the molecule is COc1ccc(CNC(=O)[C@H](CCN)NCCSSC2(COC(=O)N(c3ccc(C)c(S(N)(=O)=O)c3)c3nccc(N(C)c4ccc5c(C)n(C)nc5c4)n3)CCC2)cc1. The third kappa shape index (κ3) is 10.7. The fourth-order valence-corrected chi connectivity index (χ4v) is 10.5. The van der Waals surface area contributed by atoms with Gasteiger partial charge in [0.25, 0.3) is 0 Å². The minimum Gasteiger partial charge on any atom is -0.497 e. The number of methoxy groups -OCH3 is 1. The molecule has 2 heterocycles. The first-order chi connectivity index (χ1) is 28.7. The molecular weight excluding hydrogens is 825 g/mol. The zero-order valence-electron chi connectivity index (χ0n) is 34.4. The van der Waals surface area contributed by atoms with E-state index in [1.165, 1.54) is 17.2 Å². The highest BCUT2D eigenvalue weighted by atomic mass is 33.1. The van der Waals surface area contributed by atoms with Crippen LogP contribution in [0.5, 0.6) is 5.75 Å². The Morgan fingerprint density at radius 3 is 2.48 bits per heavy atom. The molecule has 2 amide bonds. The highest BCUT2D eigenvalue weighted by molar-refractivity contribution is 8.77. The number of anilines is 4. The van der Waals surface area contributed by atoms with E-state index in [2.05, 4.69) is 20.7 Å². The Hall–Kier alpha value is -4.92. The molecule has 0 spiro atoms. The van der Waals surface area contributed by atoms with Crippen LogP contribution in [0.15, 0.2) is 77.8 Å². The van der Waals surface area contributed by atoms with Crippen LogP contribution in [0.2, 0.25) is 0 Å². The van der Waals surface area contributed by atoms with Gasteiger partial charge in [-0.2, -0.15) is 10.1 Å². The molecule has 5 aromatic rings. The summed E-state index contributed by atoms with van der Waals surface area (Å²) < 4.78 is 37.9. The number of aryl methyl sites for hydroxylation is 3. The number of ether oxygens (including phenoxy) is 2. The monoisotopic (exact) mass is 876 g/mol. The third-order valence-corrected chi connectivity index (χ3v) is 14.9. The minimum atomic E-state index is -4.13. The maximum absolute atomic E-state index is 14.2. The average molecular weight is 877 g/mol.